The molecule has 52 heavy (non-hydrogen) atoms. The molecule has 268 valence electrons. The van der Waals surface area contributed by atoms with Crippen LogP contribution in [0.2, 0.25) is 0 Å². The largest absolute Gasteiger partial charge is 0.497 e. The van der Waals surface area contributed by atoms with Crippen molar-refractivity contribution in [1.82, 2.24) is 29.8 Å². The van der Waals surface area contributed by atoms with Gasteiger partial charge < -0.3 is 29.2 Å². The van der Waals surface area contributed by atoms with Crippen molar-refractivity contribution in [3.8, 4) is 34.7 Å². The van der Waals surface area contributed by atoms with E-state index < -0.39 is 12.4 Å². The van der Waals surface area contributed by atoms with Gasteiger partial charge in [0.15, 0.2) is 5.82 Å². The van der Waals surface area contributed by atoms with Crippen LogP contribution in [0.25, 0.3) is 11.4 Å². The maximum absolute atomic E-state index is 12.8. The summed E-state index contributed by atoms with van der Waals surface area (Å²) in [5.41, 5.74) is 2.26. The van der Waals surface area contributed by atoms with Crippen LogP contribution in [0.4, 0.5) is 22.0 Å². The topological polar surface area (TPSA) is 144 Å². The molecule has 1 unspecified atom stereocenters. The summed E-state index contributed by atoms with van der Waals surface area (Å²) in [6, 6.07) is 23.4. The lowest BCUT2D eigenvalue weighted by Gasteiger charge is -2.38. The minimum atomic E-state index is -1.01. The number of aryl methyl sites for hydroxylation is 1. The standard InChI is InChI=1S/C38H40FN9O4/c1-26-43-36(46-37(44-26)47(22-27-5-9-30(49-3)10-6-27)23-28-7-11-31(50-4)12-8-28)33-19-29(38(2,24-40)48-15-17-51-18-16-48)20-42-35(33)45-34-14-13-32(21-41-34)52-25-39/h5-14,19-21H,15-18,22-23,25H2,1-4H3,(H,41,42,45). The van der Waals surface area contributed by atoms with Gasteiger partial charge in [0.2, 0.25) is 12.8 Å². The van der Waals surface area contributed by atoms with Crippen LogP contribution in [-0.2, 0) is 23.4 Å². The predicted molar refractivity (Wildman–Crippen MR) is 193 cm³/mol. The Hall–Kier alpha value is -5.91. The molecule has 6 rings (SSSR count). The fourth-order valence-electron chi connectivity index (χ4n) is 5.88. The number of hydrogen-bond acceptors (Lipinski definition) is 13. The van der Waals surface area contributed by atoms with E-state index in [9.17, 15) is 9.65 Å². The van der Waals surface area contributed by atoms with Crippen LogP contribution in [0.15, 0.2) is 79.1 Å². The van der Waals surface area contributed by atoms with Crippen LogP contribution in [0.5, 0.6) is 17.2 Å². The Morgan fingerprint density at radius 3 is 2.08 bits per heavy atom. The summed E-state index contributed by atoms with van der Waals surface area (Å²) in [5, 5.41) is 13.8. The van der Waals surface area contributed by atoms with Gasteiger partial charge in [-0.05, 0) is 67.4 Å². The molecule has 0 saturated carbocycles. The molecule has 1 aliphatic heterocycles. The molecule has 0 spiro atoms. The molecule has 1 fully saturated rings. The lowest BCUT2D eigenvalue weighted by atomic mass is 9.91. The van der Waals surface area contributed by atoms with E-state index in [0.717, 1.165) is 22.6 Å². The Balaban J connectivity index is 1.44. The van der Waals surface area contributed by atoms with Crippen molar-refractivity contribution in [3.05, 3.63) is 102 Å². The highest BCUT2D eigenvalue weighted by Crippen LogP contribution is 2.35. The van der Waals surface area contributed by atoms with Crippen molar-refractivity contribution >= 4 is 17.6 Å². The second kappa shape index (κ2) is 16.4. The summed E-state index contributed by atoms with van der Waals surface area (Å²) < 4.78 is 34.0. The van der Waals surface area contributed by atoms with Crippen molar-refractivity contribution in [2.45, 2.75) is 32.5 Å². The maximum Gasteiger partial charge on any atom is 0.229 e. The van der Waals surface area contributed by atoms with E-state index in [1.807, 2.05) is 68.4 Å². The molecule has 1 saturated heterocycles. The second-order valence-corrected chi connectivity index (χ2v) is 12.2. The number of methoxy groups -OCH3 is 2. The third-order valence-electron chi connectivity index (χ3n) is 8.84. The number of ether oxygens (including phenoxy) is 4. The number of pyridine rings is 2. The van der Waals surface area contributed by atoms with Crippen LogP contribution in [0.1, 0.15) is 29.4 Å². The molecule has 13 nitrogen and oxygen atoms in total. The second-order valence-electron chi connectivity index (χ2n) is 12.2. The van der Waals surface area contributed by atoms with Crippen LogP contribution in [0.3, 0.4) is 0 Å². The number of alkyl halides is 1. The average Bonchev–Trinajstić information content (AvgIpc) is 3.19. The van der Waals surface area contributed by atoms with Crippen molar-refractivity contribution < 1.29 is 23.3 Å². The third-order valence-corrected chi connectivity index (χ3v) is 8.84. The SMILES string of the molecule is COc1ccc(CN(Cc2ccc(OC)cc2)c2nc(C)nc(-c3cc(C(C)(C#N)N4CCOCC4)cnc3Nc3ccc(OCF)cn3)n2)cc1. The van der Waals surface area contributed by atoms with Gasteiger partial charge in [-0.2, -0.15) is 15.2 Å². The van der Waals surface area contributed by atoms with Crippen molar-refractivity contribution in [1.29, 1.82) is 5.26 Å². The number of rotatable bonds is 14. The van der Waals surface area contributed by atoms with Crippen LogP contribution < -0.4 is 24.4 Å². The number of hydrogen-bond donors (Lipinski definition) is 1. The van der Waals surface area contributed by atoms with E-state index in [1.165, 1.54) is 6.20 Å². The lowest BCUT2D eigenvalue weighted by molar-refractivity contribution is 0.000368. The Bertz CT molecular complexity index is 1940. The van der Waals surface area contributed by atoms with Gasteiger partial charge in [-0.25, -0.2) is 19.3 Å². The number of anilines is 3. The zero-order valence-corrected chi connectivity index (χ0v) is 29.5. The molecule has 3 aromatic heterocycles. The monoisotopic (exact) mass is 705 g/mol. The van der Waals surface area contributed by atoms with Gasteiger partial charge in [0, 0.05) is 37.9 Å². The number of nitrogens with zero attached hydrogens (tertiary/aromatic N) is 8. The van der Waals surface area contributed by atoms with Gasteiger partial charge in [0.25, 0.3) is 0 Å². The highest BCUT2D eigenvalue weighted by Gasteiger charge is 2.36. The van der Waals surface area contributed by atoms with Gasteiger partial charge in [0.05, 0.1) is 45.3 Å². The lowest BCUT2D eigenvalue weighted by Crippen LogP contribution is -2.49. The Morgan fingerprint density at radius 2 is 1.52 bits per heavy atom. The molecule has 1 aliphatic rings. The number of morpholine rings is 1. The highest BCUT2D eigenvalue weighted by atomic mass is 19.1. The smallest absolute Gasteiger partial charge is 0.229 e. The highest BCUT2D eigenvalue weighted by molar-refractivity contribution is 5.75. The van der Waals surface area contributed by atoms with Crippen molar-refractivity contribution in [2.75, 3.05) is 57.6 Å². The normalized spacial score (nSPS) is 14.2. The van der Waals surface area contributed by atoms with Crippen LogP contribution in [-0.4, -0.2) is 77.2 Å². The fraction of sp³-hybridized carbons (Fsp3) is 0.316. The molecule has 0 aliphatic carbocycles. The summed E-state index contributed by atoms with van der Waals surface area (Å²) in [4.78, 5) is 28.0. The summed E-state index contributed by atoms with van der Waals surface area (Å²) in [6.45, 7) is 5.96. The van der Waals surface area contributed by atoms with Crippen molar-refractivity contribution in [3.63, 3.8) is 0 Å². The molecular formula is C38H40FN9O4. The van der Waals surface area contributed by atoms with Gasteiger partial charge in [-0.3, -0.25) is 4.90 Å². The van der Waals surface area contributed by atoms with E-state index in [4.69, 9.17) is 38.9 Å². The first-order valence-electron chi connectivity index (χ1n) is 16.7. The molecule has 4 heterocycles. The Labute approximate surface area is 302 Å². The van der Waals surface area contributed by atoms with E-state index >= 15 is 0 Å². The Morgan fingerprint density at radius 1 is 0.885 bits per heavy atom. The van der Waals surface area contributed by atoms with Gasteiger partial charge in [-0.15, -0.1) is 0 Å². The van der Waals surface area contributed by atoms with E-state index in [1.54, 1.807) is 32.5 Å². The number of nitrogens with one attached hydrogen (secondary N) is 1. The van der Waals surface area contributed by atoms with E-state index in [2.05, 4.69) is 26.2 Å². The molecule has 1 atom stereocenters. The average molecular weight is 706 g/mol. The minimum Gasteiger partial charge on any atom is -0.497 e. The first kappa shape index (κ1) is 35.9. The summed E-state index contributed by atoms with van der Waals surface area (Å²) in [6.07, 6.45) is 3.10. The van der Waals surface area contributed by atoms with E-state index in [0.29, 0.717) is 85.5 Å². The first-order chi connectivity index (χ1) is 25.3. The molecule has 5 aromatic rings. The summed E-state index contributed by atoms with van der Waals surface area (Å²) in [5.74, 6) is 3.96. The van der Waals surface area contributed by atoms with Crippen molar-refractivity contribution in [2.24, 2.45) is 0 Å². The summed E-state index contributed by atoms with van der Waals surface area (Å²) in [7, 11) is 3.28. The number of aromatic nitrogens is 5. The van der Waals surface area contributed by atoms with Crippen LogP contribution in [0, 0.1) is 18.3 Å². The molecule has 2 aromatic carbocycles. The van der Waals surface area contributed by atoms with Gasteiger partial charge >= 0.3 is 0 Å². The fourth-order valence-corrected chi connectivity index (χ4v) is 5.88. The zero-order chi connectivity index (χ0) is 36.5. The zero-order valence-electron chi connectivity index (χ0n) is 29.5. The molecule has 1 N–H and O–H groups in total. The maximum atomic E-state index is 12.8. The van der Waals surface area contributed by atoms with Gasteiger partial charge in [0.1, 0.15) is 40.2 Å². The molecule has 0 bridgehead atoms. The molecule has 0 radical (unpaired) electrons. The quantitative estimate of drug-likeness (QED) is 0.145. The molecular weight excluding hydrogens is 665 g/mol. The van der Waals surface area contributed by atoms with E-state index in [-0.39, 0.29) is 0 Å². The summed E-state index contributed by atoms with van der Waals surface area (Å²) >= 11 is 0. The predicted octanol–water partition coefficient (Wildman–Crippen LogP) is 5.98. The van der Waals surface area contributed by atoms with Gasteiger partial charge in [-0.1, -0.05) is 24.3 Å². The minimum absolute atomic E-state index is 0.290. The molecule has 14 heteroatoms. The first-order valence-corrected chi connectivity index (χ1v) is 16.7. The number of benzene rings is 2. The number of halogens is 1. The van der Waals surface area contributed by atoms with Crippen LogP contribution >= 0.6 is 0 Å². The third kappa shape index (κ3) is 8.34. The molecule has 0 amide bonds. The number of nitriles is 1. The Kier molecular flexibility index (Phi) is 11.3.